The minimum Gasteiger partial charge on any atom is -0.481 e. The molecule has 1 aromatic carbocycles. The van der Waals surface area contributed by atoms with Crippen LogP contribution in [0.15, 0.2) is 21.5 Å². The lowest BCUT2D eigenvalue weighted by atomic mass is 10.2. The Morgan fingerprint density at radius 3 is 2.52 bits per heavy atom. The molecule has 1 aromatic rings. The predicted molar refractivity (Wildman–Crippen MR) is 88.8 cm³/mol. The van der Waals surface area contributed by atoms with Crippen LogP contribution in [0.2, 0.25) is 0 Å². The number of amides is 1. The van der Waals surface area contributed by atoms with Gasteiger partial charge in [0.25, 0.3) is 0 Å². The fourth-order valence-electron chi connectivity index (χ4n) is 1.75. The first-order chi connectivity index (χ1) is 9.72. The molecule has 0 heterocycles. The van der Waals surface area contributed by atoms with Crippen molar-refractivity contribution in [3.8, 4) is 0 Å². The molecule has 0 saturated heterocycles. The minimum absolute atomic E-state index is 0.0620. The van der Waals surface area contributed by atoms with Crippen molar-refractivity contribution in [3.05, 3.63) is 27.7 Å². The van der Waals surface area contributed by atoms with Gasteiger partial charge in [0.2, 0.25) is 5.91 Å². The zero-order chi connectivity index (χ0) is 16.2. The molecule has 1 rings (SSSR count). The van der Waals surface area contributed by atoms with Crippen molar-refractivity contribution in [1.82, 2.24) is 4.90 Å². The summed E-state index contributed by atoms with van der Waals surface area (Å²) in [5, 5.41) is 8.87. The molecule has 1 amide bonds. The topological polar surface area (TPSA) is 57.6 Å². The molecule has 0 aliphatic heterocycles. The molecule has 0 saturated carbocycles. The average molecular weight is 374 g/mol. The molecule has 0 aliphatic rings. The molecule has 1 atom stereocenters. The Labute approximate surface area is 138 Å². The Morgan fingerprint density at radius 2 is 1.95 bits per heavy atom. The fraction of sp³-hybridized carbons (Fsp3) is 0.467. The molecule has 6 heteroatoms. The number of rotatable bonds is 6. The van der Waals surface area contributed by atoms with E-state index in [0.29, 0.717) is 5.75 Å². The molecule has 0 radical (unpaired) electrons. The van der Waals surface area contributed by atoms with Gasteiger partial charge in [0.1, 0.15) is 0 Å². The zero-order valence-corrected chi connectivity index (χ0v) is 15.0. The number of carbonyl (C=O) groups is 2. The summed E-state index contributed by atoms with van der Waals surface area (Å²) in [4.78, 5) is 25.4. The molecule has 0 bridgehead atoms. The molecular weight excluding hydrogens is 354 g/mol. The van der Waals surface area contributed by atoms with Gasteiger partial charge in [-0.25, -0.2) is 0 Å². The van der Waals surface area contributed by atoms with Gasteiger partial charge in [0.05, 0.1) is 11.7 Å². The first-order valence-corrected chi connectivity index (χ1v) is 8.36. The van der Waals surface area contributed by atoms with E-state index in [4.69, 9.17) is 5.11 Å². The summed E-state index contributed by atoms with van der Waals surface area (Å²) in [6.45, 7) is 5.85. The van der Waals surface area contributed by atoms with Crippen LogP contribution in [0, 0.1) is 19.8 Å². The van der Waals surface area contributed by atoms with Gasteiger partial charge in [-0.1, -0.05) is 22.9 Å². The zero-order valence-electron chi connectivity index (χ0n) is 12.6. The van der Waals surface area contributed by atoms with Crippen molar-refractivity contribution in [2.75, 3.05) is 19.3 Å². The number of aryl methyl sites for hydroxylation is 2. The van der Waals surface area contributed by atoms with Crippen LogP contribution in [0.25, 0.3) is 0 Å². The van der Waals surface area contributed by atoms with Crippen molar-refractivity contribution in [3.63, 3.8) is 0 Å². The predicted octanol–water partition coefficient (Wildman–Crippen LogP) is 3.34. The molecule has 0 fully saturated rings. The van der Waals surface area contributed by atoms with Gasteiger partial charge in [-0.15, -0.1) is 11.8 Å². The van der Waals surface area contributed by atoms with E-state index in [1.807, 2.05) is 19.9 Å². The molecule has 116 valence electrons. The number of hydrogen-bond donors (Lipinski definition) is 1. The van der Waals surface area contributed by atoms with Crippen LogP contribution in [-0.2, 0) is 9.59 Å². The number of carbonyl (C=O) groups excluding carboxylic acids is 1. The van der Waals surface area contributed by atoms with Gasteiger partial charge in [0, 0.05) is 23.0 Å². The number of thioether (sulfide) groups is 1. The second-order valence-corrected chi connectivity index (χ2v) is 7.04. The third-order valence-electron chi connectivity index (χ3n) is 3.20. The first kappa shape index (κ1) is 18.0. The van der Waals surface area contributed by atoms with Crippen LogP contribution >= 0.6 is 27.7 Å². The number of halogens is 1. The summed E-state index contributed by atoms with van der Waals surface area (Å²) in [5.41, 5.74) is 2.25. The van der Waals surface area contributed by atoms with Crippen molar-refractivity contribution < 1.29 is 14.7 Å². The highest BCUT2D eigenvalue weighted by atomic mass is 79.9. The molecule has 0 aliphatic carbocycles. The van der Waals surface area contributed by atoms with Crippen LogP contribution < -0.4 is 0 Å². The monoisotopic (exact) mass is 373 g/mol. The molecule has 0 aromatic heterocycles. The molecule has 1 N–H and O–H groups in total. The lowest BCUT2D eigenvalue weighted by Crippen LogP contribution is -2.34. The normalized spacial score (nSPS) is 12.0. The molecule has 21 heavy (non-hydrogen) atoms. The van der Waals surface area contributed by atoms with E-state index in [0.717, 1.165) is 20.5 Å². The number of aliphatic carboxylic acids is 1. The summed E-state index contributed by atoms with van der Waals surface area (Å²) >= 11 is 4.97. The molecule has 0 spiro atoms. The number of hydrogen-bond acceptors (Lipinski definition) is 3. The second kappa shape index (κ2) is 7.84. The summed E-state index contributed by atoms with van der Waals surface area (Å²) in [7, 11) is 1.64. The van der Waals surface area contributed by atoms with Crippen LogP contribution in [-0.4, -0.2) is 41.2 Å². The van der Waals surface area contributed by atoms with Crippen LogP contribution in [0.1, 0.15) is 18.1 Å². The van der Waals surface area contributed by atoms with E-state index in [1.54, 1.807) is 14.0 Å². The van der Waals surface area contributed by atoms with Crippen molar-refractivity contribution >= 4 is 39.6 Å². The van der Waals surface area contributed by atoms with E-state index < -0.39 is 11.9 Å². The summed E-state index contributed by atoms with van der Waals surface area (Å²) in [6.07, 6.45) is 0. The van der Waals surface area contributed by atoms with Gasteiger partial charge in [-0.3, -0.25) is 9.59 Å². The third kappa shape index (κ3) is 5.36. The smallest absolute Gasteiger partial charge is 0.308 e. The highest BCUT2D eigenvalue weighted by molar-refractivity contribution is 9.10. The van der Waals surface area contributed by atoms with E-state index in [-0.39, 0.29) is 12.5 Å². The highest BCUT2D eigenvalue weighted by Gasteiger charge is 2.17. The average Bonchev–Trinajstić information content (AvgIpc) is 2.40. The maximum absolute atomic E-state index is 12.0. The number of carboxylic acid groups (broad SMARTS) is 1. The lowest BCUT2D eigenvalue weighted by molar-refractivity contribution is -0.142. The Bertz CT molecular complexity index is 548. The largest absolute Gasteiger partial charge is 0.481 e. The van der Waals surface area contributed by atoms with Crippen molar-refractivity contribution in [2.24, 2.45) is 5.92 Å². The van der Waals surface area contributed by atoms with Crippen LogP contribution in [0.3, 0.4) is 0 Å². The Kier molecular flexibility index (Phi) is 6.74. The Hall–Kier alpha value is -1.01. The van der Waals surface area contributed by atoms with Crippen molar-refractivity contribution in [1.29, 1.82) is 0 Å². The molecule has 1 unspecified atom stereocenters. The Balaban J connectivity index is 2.61. The third-order valence-corrected chi connectivity index (χ3v) is 5.20. The molecular formula is C15H20BrNO3S. The van der Waals surface area contributed by atoms with Crippen molar-refractivity contribution in [2.45, 2.75) is 25.7 Å². The maximum atomic E-state index is 12.0. The van der Waals surface area contributed by atoms with Gasteiger partial charge in [-0.2, -0.15) is 0 Å². The molecule has 4 nitrogen and oxygen atoms in total. The highest BCUT2D eigenvalue weighted by Crippen LogP contribution is 2.28. The van der Waals surface area contributed by atoms with Gasteiger partial charge in [0.15, 0.2) is 0 Å². The quantitative estimate of drug-likeness (QED) is 0.776. The number of nitrogens with zero attached hydrogens (tertiary/aromatic N) is 1. The Morgan fingerprint density at radius 1 is 1.33 bits per heavy atom. The summed E-state index contributed by atoms with van der Waals surface area (Å²) in [5.74, 6) is -1.19. The van der Waals surface area contributed by atoms with E-state index in [9.17, 15) is 9.59 Å². The van der Waals surface area contributed by atoms with Crippen LogP contribution in [0.5, 0.6) is 0 Å². The SMILES string of the molecule is Cc1cc(SCC(=O)N(C)CC(C)C(=O)O)c(C)cc1Br. The second-order valence-electron chi connectivity index (χ2n) is 5.17. The van der Waals surface area contributed by atoms with Gasteiger partial charge < -0.3 is 10.0 Å². The number of carboxylic acids is 1. The van der Waals surface area contributed by atoms with E-state index in [2.05, 4.69) is 22.0 Å². The van der Waals surface area contributed by atoms with Gasteiger partial charge in [-0.05, 0) is 37.1 Å². The van der Waals surface area contributed by atoms with Gasteiger partial charge >= 0.3 is 5.97 Å². The summed E-state index contributed by atoms with van der Waals surface area (Å²) in [6, 6.07) is 4.09. The first-order valence-electron chi connectivity index (χ1n) is 6.58. The van der Waals surface area contributed by atoms with E-state index >= 15 is 0 Å². The number of benzene rings is 1. The lowest BCUT2D eigenvalue weighted by Gasteiger charge is -2.19. The van der Waals surface area contributed by atoms with Crippen LogP contribution in [0.4, 0.5) is 0 Å². The van der Waals surface area contributed by atoms with E-state index in [1.165, 1.54) is 16.7 Å². The summed E-state index contributed by atoms with van der Waals surface area (Å²) < 4.78 is 1.06. The maximum Gasteiger partial charge on any atom is 0.308 e. The minimum atomic E-state index is -0.887. The standard InChI is InChI=1S/C15H20BrNO3S/c1-9-6-13(10(2)5-12(9)16)21-8-14(18)17(4)7-11(3)15(19)20/h5-6,11H,7-8H2,1-4H3,(H,19,20). The fourth-order valence-corrected chi connectivity index (χ4v) is 3.25.